The van der Waals surface area contributed by atoms with Gasteiger partial charge < -0.3 is 5.32 Å². The van der Waals surface area contributed by atoms with Crippen LogP contribution in [-0.4, -0.2) is 14.7 Å². The molecule has 0 fully saturated rings. The van der Waals surface area contributed by atoms with Crippen molar-refractivity contribution in [2.75, 3.05) is 16.3 Å². The lowest BCUT2D eigenvalue weighted by atomic mass is 10.1. The first-order chi connectivity index (χ1) is 9.83. The van der Waals surface area contributed by atoms with Crippen molar-refractivity contribution in [1.29, 1.82) is 0 Å². The summed E-state index contributed by atoms with van der Waals surface area (Å²) in [6, 6.07) is 14.8. The quantitative estimate of drug-likeness (QED) is 0.877. The van der Waals surface area contributed by atoms with E-state index in [0.717, 1.165) is 17.5 Å². The molecule has 0 aliphatic heterocycles. The first-order valence-electron chi connectivity index (χ1n) is 6.43. The summed E-state index contributed by atoms with van der Waals surface area (Å²) in [5.41, 5.74) is 2.42. The third kappa shape index (κ3) is 4.95. The fraction of sp³-hybridized carbons (Fsp3) is 0.200. The Morgan fingerprint density at radius 1 is 1.05 bits per heavy atom. The summed E-state index contributed by atoms with van der Waals surface area (Å²) in [7, 11) is -3.28. The van der Waals surface area contributed by atoms with Gasteiger partial charge in [-0.05, 0) is 42.8 Å². The second-order valence-electron chi connectivity index (χ2n) is 4.88. The van der Waals surface area contributed by atoms with Crippen LogP contribution in [0.5, 0.6) is 0 Å². The molecule has 0 aliphatic carbocycles. The first-order valence-corrected chi connectivity index (χ1v) is 8.70. The molecule has 0 bridgehead atoms. The van der Waals surface area contributed by atoms with Gasteiger partial charge in [0.15, 0.2) is 0 Å². The van der Waals surface area contributed by atoms with E-state index < -0.39 is 10.0 Å². The summed E-state index contributed by atoms with van der Waals surface area (Å²) in [5.74, 6) is 0. The van der Waals surface area contributed by atoms with Crippen molar-refractivity contribution in [3.05, 3.63) is 59.1 Å². The van der Waals surface area contributed by atoms with Crippen molar-refractivity contribution in [1.82, 2.24) is 0 Å². The van der Waals surface area contributed by atoms with Gasteiger partial charge in [-0.2, -0.15) is 0 Å². The lowest BCUT2D eigenvalue weighted by Crippen LogP contribution is -2.10. The molecule has 0 amide bonds. The Labute approximate surface area is 130 Å². The fourth-order valence-electron chi connectivity index (χ4n) is 2.00. The molecule has 0 aliphatic rings. The SMILES string of the molecule is CC(Nc1cccc(NS(C)(=O)=O)c1)c1cccc(Cl)c1. The van der Waals surface area contributed by atoms with E-state index in [4.69, 9.17) is 11.6 Å². The zero-order chi connectivity index (χ0) is 15.5. The third-order valence-corrected chi connectivity index (χ3v) is 3.74. The Bertz CT molecular complexity index is 732. The lowest BCUT2D eigenvalue weighted by molar-refractivity contribution is 0.607. The zero-order valence-corrected chi connectivity index (χ0v) is 13.4. The smallest absolute Gasteiger partial charge is 0.229 e. The number of nitrogens with one attached hydrogen (secondary N) is 2. The van der Waals surface area contributed by atoms with Gasteiger partial charge in [0.05, 0.1) is 11.9 Å². The first kappa shape index (κ1) is 15.7. The largest absolute Gasteiger partial charge is 0.378 e. The van der Waals surface area contributed by atoms with Gasteiger partial charge in [0, 0.05) is 16.8 Å². The van der Waals surface area contributed by atoms with Crippen LogP contribution in [0.2, 0.25) is 5.02 Å². The Balaban J connectivity index is 2.14. The van der Waals surface area contributed by atoms with E-state index in [2.05, 4.69) is 10.0 Å². The van der Waals surface area contributed by atoms with Gasteiger partial charge in [-0.15, -0.1) is 0 Å². The van der Waals surface area contributed by atoms with Crippen molar-refractivity contribution >= 4 is 33.0 Å². The molecule has 0 aromatic heterocycles. The molecular formula is C15H17ClN2O2S. The van der Waals surface area contributed by atoms with Gasteiger partial charge in [-0.25, -0.2) is 8.42 Å². The standard InChI is InChI=1S/C15H17ClN2O2S/c1-11(12-5-3-6-13(16)9-12)17-14-7-4-8-15(10-14)18-21(2,19)20/h3-11,17-18H,1-2H3. The topological polar surface area (TPSA) is 58.2 Å². The molecule has 2 aromatic rings. The molecule has 6 heteroatoms. The van der Waals surface area contributed by atoms with E-state index in [9.17, 15) is 8.42 Å². The number of hydrogen-bond donors (Lipinski definition) is 2. The van der Waals surface area contributed by atoms with E-state index >= 15 is 0 Å². The van der Waals surface area contributed by atoms with E-state index in [1.807, 2.05) is 37.3 Å². The van der Waals surface area contributed by atoms with Crippen LogP contribution in [0.4, 0.5) is 11.4 Å². The van der Waals surface area contributed by atoms with Crippen molar-refractivity contribution in [2.24, 2.45) is 0 Å². The van der Waals surface area contributed by atoms with Crippen LogP contribution < -0.4 is 10.0 Å². The van der Waals surface area contributed by atoms with Gasteiger partial charge in [-0.1, -0.05) is 29.8 Å². The third-order valence-electron chi connectivity index (χ3n) is 2.90. The van der Waals surface area contributed by atoms with E-state index in [-0.39, 0.29) is 6.04 Å². The second-order valence-corrected chi connectivity index (χ2v) is 7.06. The van der Waals surface area contributed by atoms with Crippen LogP contribution in [-0.2, 0) is 10.0 Å². The van der Waals surface area contributed by atoms with E-state index in [1.165, 1.54) is 0 Å². The number of rotatable bonds is 5. The van der Waals surface area contributed by atoms with Gasteiger partial charge in [0.25, 0.3) is 0 Å². The number of hydrogen-bond acceptors (Lipinski definition) is 3. The van der Waals surface area contributed by atoms with Crippen LogP contribution >= 0.6 is 11.6 Å². The monoisotopic (exact) mass is 324 g/mol. The van der Waals surface area contributed by atoms with Gasteiger partial charge in [0.2, 0.25) is 10.0 Å². The van der Waals surface area contributed by atoms with Crippen molar-refractivity contribution < 1.29 is 8.42 Å². The Kier molecular flexibility index (Phi) is 4.75. The molecular weight excluding hydrogens is 308 g/mol. The van der Waals surface area contributed by atoms with E-state index in [1.54, 1.807) is 18.2 Å². The minimum atomic E-state index is -3.28. The zero-order valence-electron chi connectivity index (χ0n) is 11.8. The summed E-state index contributed by atoms with van der Waals surface area (Å²) < 4.78 is 24.9. The number of anilines is 2. The highest BCUT2D eigenvalue weighted by molar-refractivity contribution is 7.92. The van der Waals surface area contributed by atoms with Crippen LogP contribution in [0, 0.1) is 0 Å². The normalized spacial score (nSPS) is 12.7. The molecule has 0 spiro atoms. The minimum Gasteiger partial charge on any atom is -0.378 e. The summed E-state index contributed by atoms with van der Waals surface area (Å²) in [6.45, 7) is 2.02. The van der Waals surface area contributed by atoms with Crippen molar-refractivity contribution in [2.45, 2.75) is 13.0 Å². The number of halogens is 1. The number of benzene rings is 2. The molecule has 1 unspecified atom stereocenters. The van der Waals surface area contributed by atoms with Crippen LogP contribution in [0.1, 0.15) is 18.5 Å². The molecule has 0 saturated carbocycles. The highest BCUT2D eigenvalue weighted by atomic mass is 35.5. The van der Waals surface area contributed by atoms with Crippen LogP contribution in [0.3, 0.4) is 0 Å². The molecule has 2 rings (SSSR count). The Hall–Kier alpha value is -1.72. The molecule has 2 N–H and O–H groups in total. The molecule has 21 heavy (non-hydrogen) atoms. The second kappa shape index (κ2) is 6.37. The predicted molar refractivity (Wildman–Crippen MR) is 88.4 cm³/mol. The fourth-order valence-corrected chi connectivity index (χ4v) is 2.75. The lowest BCUT2D eigenvalue weighted by Gasteiger charge is -2.16. The average Bonchev–Trinajstić information content (AvgIpc) is 2.37. The minimum absolute atomic E-state index is 0.0529. The summed E-state index contributed by atoms with van der Waals surface area (Å²) in [4.78, 5) is 0. The molecule has 0 heterocycles. The van der Waals surface area contributed by atoms with Gasteiger partial charge in [0.1, 0.15) is 0 Å². The Morgan fingerprint density at radius 2 is 1.71 bits per heavy atom. The molecule has 1 atom stereocenters. The highest BCUT2D eigenvalue weighted by Gasteiger charge is 2.07. The van der Waals surface area contributed by atoms with Gasteiger partial charge in [-0.3, -0.25) is 4.72 Å². The average molecular weight is 325 g/mol. The maximum absolute atomic E-state index is 11.2. The number of sulfonamides is 1. The summed E-state index contributed by atoms with van der Waals surface area (Å²) in [6.07, 6.45) is 1.13. The van der Waals surface area contributed by atoms with Crippen molar-refractivity contribution in [3.63, 3.8) is 0 Å². The Morgan fingerprint density at radius 3 is 2.38 bits per heavy atom. The molecule has 112 valence electrons. The van der Waals surface area contributed by atoms with Crippen LogP contribution in [0.15, 0.2) is 48.5 Å². The van der Waals surface area contributed by atoms with E-state index in [0.29, 0.717) is 10.7 Å². The summed E-state index contributed by atoms with van der Waals surface area (Å²) >= 11 is 5.99. The molecule has 0 saturated heterocycles. The molecule has 2 aromatic carbocycles. The summed E-state index contributed by atoms with van der Waals surface area (Å²) in [5, 5.41) is 4.01. The van der Waals surface area contributed by atoms with Gasteiger partial charge >= 0.3 is 0 Å². The van der Waals surface area contributed by atoms with Crippen LogP contribution in [0.25, 0.3) is 0 Å². The maximum atomic E-state index is 11.2. The molecule has 4 nitrogen and oxygen atoms in total. The maximum Gasteiger partial charge on any atom is 0.229 e. The van der Waals surface area contributed by atoms with Crippen molar-refractivity contribution in [3.8, 4) is 0 Å². The predicted octanol–water partition coefficient (Wildman–Crippen LogP) is 3.88. The highest BCUT2D eigenvalue weighted by Crippen LogP contribution is 2.23. The molecule has 0 radical (unpaired) electrons.